The van der Waals surface area contributed by atoms with Crippen molar-refractivity contribution >= 4 is 5.97 Å². The average Bonchev–Trinajstić information content (AvgIpc) is 3.08. The highest BCUT2D eigenvalue weighted by Crippen LogP contribution is 2.48. The Balaban J connectivity index is 1.60. The Labute approximate surface area is 125 Å². The summed E-state index contributed by atoms with van der Waals surface area (Å²) in [5, 5.41) is 13.1. The molecule has 21 heavy (non-hydrogen) atoms. The molecule has 0 aromatic carbocycles. The zero-order valence-electron chi connectivity index (χ0n) is 13.0. The summed E-state index contributed by atoms with van der Waals surface area (Å²) in [7, 11) is 0. The molecule has 0 spiro atoms. The molecule has 1 N–H and O–H groups in total. The molecule has 1 aromatic heterocycles. The van der Waals surface area contributed by atoms with E-state index in [9.17, 15) is 4.79 Å². The molecular formula is C16H24N2O3. The predicted octanol–water partition coefficient (Wildman–Crippen LogP) is 3.58. The third-order valence-corrected chi connectivity index (χ3v) is 5.20. The second-order valence-corrected chi connectivity index (χ2v) is 7.69. The molecule has 2 aliphatic carbocycles. The number of hydrogen-bond donors (Lipinski definition) is 1. The Morgan fingerprint density at radius 2 is 1.90 bits per heavy atom. The third kappa shape index (κ3) is 2.97. The van der Waals surface area contributed by atoms with Gasteiger partial charge >= 0.3 is 5.97 Å². The lowest BCUT2D eigenvalue weighted by Crippen LogP contribution is -2.25. The molecule has 2 fully saturated rings. The number of carboxylic acid groups (broad SMARTS) is 1. The minimum Gasteiger partial charge on any atom is -0.481 e. The van der Waals surface area contributed by atoms with Gasteiger partial charge in [-0.15, -0.1) is 0 Å². The maximum absolute atomic E-state index is 10.9. The van der Waals surface area contributed by atoms with Crippen LogP contribution in [0.15, 0.2) is 4.52 Å². The molecule has 0 saturated heterocycles. The summed E-state index contributed by atoms with van der Waals surface area (Å²) in [6.07, 6.45) is 5.26. The molecule has 1 heterocycles. The number of nitrogens with zero attached hydrogens (tertiary/aromatic N) is 2. The van der Waals surface area contributed by atoms with Crippen LogP contribution in [0.4, 0.5) is 0 Å². The lowest BCUT2D eigenvalue weighted by molar-refractivity contribution is -0.138. The maximum Gasteiger partial charge on any atom is 0.307 e. The zero-order chi connectivity index (χ0) is 15.2. The van der Waals surface area contributed by atoms with E-state index in [1.165, 1.54) is 12.8 Å². The van der Waals surface area contributed by atoms with E-state index in [2.05, 4.69) is 30.9 Å². The second-order valence-electron chi connectivity index (χ2n) is 7.69. The Morgan fingerprint density at radius 3 is 2.43 bits per heavy atom. The fraction of sp³-hybridized carbons (Fsp3) is 0.812. The zero-order valence-corrected chi connectivity index (χ0v) is 13.0. The Hall–Kier alpha value is -1.39. The normalized spacial score (nSPS) is 32.9. The van der Waals surface area contributed by atoms with Gasteiger partial charge in [-0.05, 0) is 43.4 Å². The van der Waals surface area contributed by atoms with Crippen LogP contribution in [0.2, 0.25) is 0 Å². The summed E-state index contributed by atoms with van der Waals surface area (Å²) in [5.74, 6) is 1.31. The van der Waals surface area contributed by atoms with Crippen LogP contribution in [0.3, 0.4) is 0 Å². The van der Waals surface area contributed by atoms with Gasteiger partial charge in [0.1, 0.15) is 0 Å². The molecule has 1 aromatic rings. The number of aromatic nitrogens is 2. The average molecular weight is 292 g/mol. The molecule has 3 rings (SSSR count). The van der Waals surface area contributed by atoms with Crippen molar-refractivity contribution in [3.05, 3.63) is 11.7 Å². The summed E-state index contributed by atoms with van der Waals surface area (Å²) in [5.41, 5.74) is 0.371. The van der Waals surface area contributed by atoms with Gasteiger partial charge in [-0.1, -0.05) is 25.9 Å². The lowest BCUT2D eigenvalue weighted by atomic mass is 9.70. The predicted molar refractivity (Wildman–Crippen MR) is 76.9 cm³/mol. The van der Waals surface area contributed by atoms with Gasteiger partial charge in [0.25, 0.3) is 0 Å². The monoisotopic (exact) mass is 292 g/mol. The van der Waals surface area contributed by atoms with Crippen LogP contribution in [0.25, 0.3) is 0 Å². The number of aliphatic carboxylic acids is 1. The first kappa shape index (κ1) is 14.5. The van der Waals surface area contributed by atoms with E-state index >= 15 is 0 Å². The van der Waals surface area contributed by atoms with Gasteiger partial charge in [0.15, 0.2) is 5.82 Å². The Bertz CT molecular complexity index is 524. The molecule has 0 amide bonds. The molecule has 0 radical (unpaired) electrons. The molecule has 5 heteroatoms. The van der Waals surface area contributed by atoms with Crippen molar-refractivity contribution < 1.29 is 14.4 Å². The summed E-state index contributed by atoms with van der Waals surface area (Å²) in [6.45, 7) is 6.93. The van der Waals surface area contributed by atoms with Crippen molar-refractivity contribution in [1.29, 1.82) is 0 Å². The molecule has 5 nitrogen and oxygen atoms in total. The van der Waals surface area contributed by atoms with Gasteiger partial charge in [-0.25, -0.2) is 0 Å². The van der Waals surface area contributed by atoms with Gasteiger partial charge in [-0.2, -0.15) is 4.98 Å². The van der Waals surface area contributed by atoms with E-state index < -0.39 is 5.97 Å². The van der Waals surface area contributed by atoms with Crippen LogP contribution in [-0.4, -0.2) is 21.2 Å². The third-order valence-electron chi connectivity index (χ3n) is 5.20. The maximum atomic E-state index is 10.9. The molecule has 0 aliphatic heterocycles. The SMILES string of the molecule is CC(C)(C)C1CCC(c2noc(C3CC3C(=O)O)n2)CC1. The fourth-order valence-corrected chi connectivity index (χ4v) is 3.52. The van der Waals surface area contributed by atoms with E-state index in [1.54, 1.807) is 0 Å². The van der Waals surface area contributed by atoms with Crippen molar-refractivity contribution in [2.75, 3.05) is 0 Å². The quantitative estimate of drug-likeness (QED) is 0.921. The Morgan fingerprint density at radius 1 is 1.24 bits per heavy atom. The van der Waals surface area contributed by atoms with Crippen LogP contribution in [0, 0.1) is 17.3 Å². The van der Waals surface area contributed by atoms with Gasteiger partial charge < -0.3 is 9.63 Å². The molecule has 116 valence electrons. The summed E-state index contributed by atoms with van der Waals surface area (Å²) in [6, 6.07) is 0. The summed E-state index contributed by atoms with van der Waals surface area (Å²) in [4.78, 5) is 15.4. The minimum atomic E-state index is -0.759. The molecule has 2 aliphatic rings. The summed E-state index contributed by atoms with van der Waals surface area (Å²) < 4.78 is 5.29. The van der Waals surface area contributed by atoms with Gasteiger partial charge in [0, 0.05) is 5.92 Å². The van der Waals surface area contributed by atoms with Crippen molar-refractivity contribution in [3.8, 4) is 0 Å². The highest BCUT2D eigenvalue weighted by molar-refractivity contribution is 5.74. The smallest absolute Gasteiger partial charge is 0.307 e. The van der Waals surface area contributed by atoms with Crippen LogP contribution in [0.5, 0.6) is 0 Å². The standard InChI is InChI=1S/C16H24N2O3/c1-16(2,3)10-6-4-9(5-7-10)13-17-14(21-18-13)11-8-12(11)15(19)20/h9-12H,4-8H2,1-3H3,(H,19,20). The molecule has 2 unspecified atom stereocenters. The summed E-state index contributed by atoms with van der Waals surface area (Å²) >= 11 is 0. The van der Waals surface area contributed by atoms with Crippen LogP contribution in [0.1, 0.15) is 76.4 Å². The highest BCUT2D eigenvalue weighted by Gasteiger charge is 2.48. The van der Waals surface area contributed by atoms with Crippen LogP contribution in [-0.2, 0) is 4.79 Å². The van der Waals surface area contributed by atoms with Crippen molar-refractivity contribution in [3.63, 3.8) is 0 Å². The van der Waals surface area contributed by atoms with E-state index in [4.69, 9.17) is 9.63 Å². The van der Waals surface area contributed by atoms with Crippen LogP contribution < -0.4 is 0 Å². The topological polar surface area (TPSA) is 76.2 Å². The first-order valence-electron chi connectivity index (χ1n) is 7.92. The second kappa shape index (κ2) is 5.11. The fourth-order valence-electron chi connectivity index (χ4n) is 3.52. The van der Waals surface area contributed by atoms with Crippen molar-refractivity contribution in [2.45, 2.75) is 64.7 Å². The molecule has 0 bridgehead atoms. The lowest BCUT2D eigenvalue weighted by Gasteiger charge is -2.36. The number of carboxylic acids is 1. The van der Waals surface area contributed by atoms with Crippen molar-refractivity contribution in [2.24, 2.45) is 17.3 Å². The molecule has 2 atom stereocenters. The van der Waals surface area contributed by atoms with Gasteiger partial charge in [0.05, 0.1) is 11.8 Å². The largest absolute Gasteiger partial charge is 0.481 e. The van der Waals surface area contributed by atoms with Crippen LogP contribution >= 0.6 is 0 Å². The van der Waals surface area contributed by atoms with E-state index in [-0.39, 0.29) is 11.8 Å². The van der Waals surface area contributed by atoms with Crippen molar-refractivity contribution in [1.82, 2.24) is 10.1 Å². The highest BCUT2D eigenvalue weighted by atomic mass is 16.5. The first-order chi connectivity index (χ1) is 9.86. The number of rotatable bonds is 3. The van der Waals surface area contributed by atoms with Gasteiger partial charge in [0.2, 0.25) is 5.89 Å². The minimum absolute atomic E-state index is 0.0605. The van der Waals surface area contributed by atoms with E-state index in [0.29, 0.717) is 23.6 Å². The molecular weight excluding hydrogens is 268 g/mol. The molecule has 2 saturated carbocycles. The number of hydrogen-bond acceptors (Lipinski definition) is 4. The van der Waals surface area contributed by atoms with E-state index in [0.717, 1.165) is 24.6 Å². The van der Waals surface area contributed by atoms with Gasteiger partial charge in [-0.3, -0.25) is 4.79 Å². The first-order valence-corrected chi connectivity index (χ1v) is 7.92. The Kier molecular flexibility index (Phi) is 3.54. The number of carbonyl (C=O) groups is 1. The van der Waals surface area contributed by atoms with E-state index in [1.807, 2.05) is 0 Å².